The number of rotatable bonds is 8. The zero-order valence-electron chi connectivity index (χ0n) is 21.3. The van der Waals surface area contributed by atoms with Gasteiger partial charge in [-0.25, -0.2) is 9.97 Å². The third-order valence-corrected chi connectivity index (χ3v) is 7.26. The number of amidine groups is 1. The van der Waals surface area contributed by atoms with Crippen LogP contribution < -0.4 is 5.32 Å². The van der Waals surface area contributed by atoms with Gasteiger partial charge in [-0.05, 0) is 77.5 Å². The van der Waals surface area contributed by atoms with E-state index < -0.39 is 0 Å². The van der Waals surface area contributed by atoms with E-state index in [2.05, 4.69) is 49.6 Å². The fraction of sp³-hybridized carbons (Fsp3) is 0.731. The van der Waals surface area contributed by atoms with E-state index >= 15 is 0 Å². The number of hydrogen-bond acceptors (Lipinski definition) is 6. The summed E-state index contributed by atoms with van der Waals surface area (Å²) >= 11 is 0. The van der Waals surface area contributed by atoms with Crippen LogP contribution in [0.25, 0.3) is 5.57 Å². The van der Waals surface area contributed by atoms with Gasteiger partial charge in [-0.15, -0.1) is 0 Å². The minimum absolute atomic E-state index is 0.185. The van der Waals surface area contributed by atoms with Crippen molar-refractivity contribution in [1.29, 1.82) is 0 Å². The maximum absolute atomic E-state index is 10.00. The van der Waals surface area contributed by atoms with Gasteiger partial charge in [0.1, 0.15) is 5.84 Å². The van der Waals surface area contributed by atoms with Crippen molar-refractivity contribution >= 4 is 17.4 Å². The molecule has 0 bridgehead atoms. The molecule has 33 heavy (non-hydrogen) atoms. The molecule has 7 heteroatoms. The van der Waals surface area contributed by atoms with E-state index in [0.29, 0.717) is 23.9 Å². The molecule has 184 valence electrons. The third kappa shape index (κ3) is 6.54. The molecule has 2 aliphatic rings. The number of hydrogen-bond donors (Lipinski definition) is 2. The molecule has 7 nitrogen and oxygen atoms in total. The van der Waals surface area contributed by atoms with Gasteiger partial charge >= 0.3 is 0 Å². The summed E-state index contributed by atoms with van der Waals surface area (Å²) in [5, 5.41) is 13.5. The van der Waals surface area contributed by atoms with Crippen molar-refractivity contribution in [2.24, 2.45) is 10.9 Å². The molecule has 2 fully saturated rings. The summed E-state index contributed by atoms with van der Waals surface area (Å²) in [5.41, 5.74) is 2.93. The Hall–Kier alpha value is -1.99. The third-order valence-electron chi connectivity index (χ3n) is 7.26. The first kappa shape index (κ1) is 25.6. The van der Waals surface area contributed by atoms with E-state index in [9.17, 15) is 5.11 Å². The molecule has 3 rings (SSSR count). The summed E-state index contributed by atoms with van der Waals surface area (Å²) in [6, 6.07) is 0.827. The highest BCUT2D eigenvalue weighted by molar-refractivity contribution is 6.02. The van der Waals surface area contributed by atoms with Gasteiger partial charge in [0.15, 0.2) is 0 Å². The molecular weight excluding hydrogens is 412 g/mol. The van der Waals surface area contributed by atoms with Gasteiger partial charge in [-0.2, -0.15) is 0 Å². The lowest BCUT2D eigenvalue weighted by atomic mass is 9.81. The molecule has 1 saturated carbocycles. The zero-order chi connectivity index (χ0) is 24.0. The van der Waals surface area contributed by atoms with Gasteiger partial charge in [-0.3, -0.25) is 4.99 Å². The quantitative estimate of drug-likeness (QED) is 0.454. The first-order valence-corrected chi connectivity index (χ1v) is 12.7. The molecule has 0 radical (unpaired) electrons. The minimum Gasteiger partial charge on any atom is -0.393 e. The van der Waals surface area contributed by atoms with E-state index in [1.807, 2.05) is 13.2 Å². The Morgan fingerprint density at radius 2 is 2.03 bits per heavy atom. The zero-order valence-corrected chi connectivity index (χ0v) is 21.3. The van der Waals surface area contributed by atoms with Gasteiger partial charge < -0.3 is 20.2 Å². The molecule has 1 aromatic heterocycles. The number of anilines is 1. The topological polar surface area (TPSA) is 76.9 Å². The van der Waals surface area contributed by atoms with Crippen LogP contribution in [0.2, 0.25) is 0 Å². The van der Waals surface area contributed by atoms with Crippen LogP contribution in [0.15, 0.2) is 17.8 Å². The number of aromatic nitrogens is 2. The number of nitrogens with zero attached hydrogens (tertiary/aromatic N) is 5. The number of nitrogens with one attached hydrogen (secondary N) is 1. The van der Waals surface area contributed by atoms with Crippen molar-refractivity contribution in [3.05, 3.63) is 24.0 Å². The number of piperidine rings is 1. The molecule has 1 aliphatic heterocycles. The second-order valence-electron chi connectivity index (χ2n) is 10.1. The number of likely N-dealkylation sites (tertiary alicyclic amines) is 1. The molecule has 0 spiro atoms. The van der Waals surface area contributed by atoms with Crippen molar-refractivity contribution in [1.82, 2.24) is 19.8 Å². The monoisotopic (exact) mass is 456 g/mol. The van der Waals surface area contributed by atoms with Gasteiger partial charge in [0.2, 0.25) is 5.95 Å². The molecule has 0 amide bonds. The van der Waals surface area contributed by atoms with E-state index in [4.69, 9.17) is 15.0 Å². The number of allylic oxidation sites excluding steroid dienone is 1. The van der Waals surface area contributed by atoms with Crippen LogP contribution in [-0.4, -0.2) is 83.1 Å². The maximum Gasteiger partial charge on any atom is 0.223 e. The Balaban J connectivity index is 1.93. The van der Waals surface area contributed by atoms with E-state index in [1.54, 1.807) is 0 Å². The Bertz CT molecular complexity index is 815. The lowest BCUT2D eigenvalue weighted by molar-refractivity contribution is 0.119. The van der Waals surface area contributed by atoms with Crippen molar-refractivity contribution in [3.8, 4) is 0 Å². The molecule has 0 aromatic carbocycles. The van der Waals surface area contributed by atoms with Crippen molar-refractivity contribution in [2.45, 2.75) is 83.4 Å². The molecule has 2 heterocycles. The molecule has 2 atom stereocenters. The standard InChI is InChI=1S/C26H44N6O/c1-7-9-18(2)29-26-28-16-23(24(30-26)19(3)20-11-13-22(33)14-12-20)25(27-4)32-15-8-10-21(17-32)31(5)6/h16,18,20-22,33H,3,7-15,17H2,1-2,4-6H3,(H,28,29,30)/b27-25+/t18?,20-,21-,22-/m0/s1. The first-order valence-electron chi connectivity index (χ1n) is 12.7. The van der Waals surface area contributed by atoms with Crippen molar-refractivity contribution in [3.63, 3.8) is 0 Å². The van der Waals surface area contributed by atoms with Crippen LogP contribution in [0.5, 0.6) is 0 Å². The largest absolute Gasteiger partial charge is 0.393 e. The fourth-order valence-corrected chi connectivity index (χ4v) is 5.20. The normalized spacial score (nSPS) is 25.2. The minimum atomic E-state index is -0.185. The number of aliphatic hydroxyl groups is 1. The summed E-state index contributed by atoms with van der Waals surface area (Å²) in [4.78, 5) is 19.1. The molecular formula is C26H44N6O. The Morgan fingerprint density at radius 1 is 1.30 bits per heavy atom. The predicted octanol–water partition coefficient (Wildman–Crippen LogP) is 4.04. The van der Waals surface area contributed by atoms with Crippen LogP contribution in [0.4, 0.5) is 5.95 Å². The summed E-state index contributed by atoms with van der Waals surface area (Å²) in [7, 11) is 6.18. The van der Waals surface area contributed by atoms with E-state index in [0.717, 1.165) is 80.7 Å². The predicted molar refractivity (Wildman–Crippen MR) is 138 cm³/mol. The summed E-state index contributed by atoms with van der Waals surface area (Å²) in [6.45, 7) is 10.8. The van der Waals surface area contributed by atoms with Crippen LogP contribution in [0.1, 0.15) is 76.5 Å². The highest BCUT2D eigenvalue weighted by Gasteiger charge is 2.29. The molecule has 1 unspecified atom stereocenters. The Kier molecular flexibility index (Phi) is 9.27. The van der Waals surface area contributed by atoms with Gasteiger partial charge in [-0.1, -0.05) is 19.9 Å². The highest BCUT2D eigenvalue weighted by Crippen LogP contribution is 2.35. The second kappa shape index (κ2) is 11.9. The molecule has 1 saturated heterocycles. The Morgan fingerprint density at radius 3 is 2.67 bits per heavy atom. The van der Waals surface area contributed by atoms with Crippen LogP contribution >= 0.6 is 0 Å². The van der Waals surface area contributed by atoms with Crippen molar-refractivity contribution < 1.29 is 5.11 Å². The molecule has 1 aromatic rings. The average Bonchev–Trinajstić information content (AvgIpc) is 2.80. The summed E-state index contributed by atoms with van der Waals surface area (Å²) in [6.07, 6.45) is 9.85. The second-order valence-corrected chi connectivity index (χ2v) is 10.1. The van der Waals surface area contributed by atoms with Crippen LogP contribution in [0, 0.1) is 5.92 Å². The van der Waals surface area contributed by atoms with Gasteiger partial charge in [0.05, 0.1) is 17.4 Å². The molecule has 1 aliphatic carbocycles. The lowest BCUT2D eigenvalue weighted by Gasteiger charge is -2.38. The summed E-state index contributed by atoms with van der Waals surface area (Å²) < 4.78 is 0. The summed E-state index contributed by atoms with van der Waals surface area (Å²) in [5.74, 6) is 1.95. The fourth-order valence-electron chi connectivity index (χ4n) is 5.20. The average molecular weight is 457 g/mol. The van der Waals surface area contributed by atoms with Crippen LogP contribution in [0.3, 0.4) is 0 Å². The first-order chi connectivity index (χ1) is 15.8. The highest BCUT2D eigenvalue weighted by atomic mass is 16.3. The molecule has 2 N–H and O–H groups in total. The van der Waals surface area contributed by atoms with Crippen molar-refractivity contribution in [2.75, 3.05) is 39.5 Å². The van der Waals surface area contributed by atoms with Gasteiger partial charge in [0.25, 0.3) is 0 Å². The lowest BCUT2D eigenvalue weighted by Crippen LogP contribution is -2.48. The number of aliphatic hydroxyl groups excluding tert-OH is 1. The van der Waals surface area contributed by atoms with Crippen LogP contribution in [-0.2, 0) is 0 Å². The SMILES string of the molecule is C=C(c1nc(NC(C)CCC)ncc1/C(=N\C)N1CCC[C@H](N(C)C)C1)[C@H]1CC[C@H](O)CC1. The van der Waals surface area contributed by atoms with Gasteiger partial charge in [0, 0.05) is 38.4 Å². The maximum atomic E-state index is 10.00. The van der Waals surface area contributed by atoms with E-state index in [-0.39, 0.29) is 6.10 Å². The van der Waals surface area contributed by atoms with E-state index in [1.165, 1.54) is 6.42 Å². The smallest absolute Gasteiger partial charge is 0.223 e. The number of likely N-dealkylation sites (N-methyl/N-ethyl adjacent to an activating group) is 1. The Labute approximate surface area is 200 Å². The number of aliphatic imine (C=N–C) groups is 1.